The first-order valence-corrected chi connectivity index (χ1v) is 11.6. The number of ether oxygens (including phenoxy) is 3. The van der Waals surface area contributed by atoms with Gasteiger partial charge in [-0.05, 0) is 55.0 Å². The maximum atomic E-state index is 13.1. The van der Waals surface area contributed by atoms with Gasteiger partial charge in [-0.3, -0.25) is 9.59 Å². The molecule has 1 aliphatic heterocycles. The third kappa shape index (κ3) is 6.06. The van der Waals surface area contributed by atoms with E-state index in [1.165, 1.54) is 0 Å². The molecule has 33 heavy (non-hydrogen) atoms. The number of likely N-dealkylation sites (tertiary alicyclic amines) is 1. The number of hydrogen-bond acceptors (Lipinski definition) is 5. The van der Waals surface area contributed by atoms with Gasteiger partial charge in [0.1, 0.15) is 18.1 Å². The Morgan fingerprint density at radius 2 is 1.73 bits per heavy atom. The first kappa shape index (κ1) is 24.6. The van der Waals surface area contributed by atoms with E-state index in [1.54, 1.807) is 18.1 Å². The molecule has 2 aromatic rings. The smallest absolute Gasteiger partial charge is 0.309 e. The zero-order valence-electron chi connectivity index (χ0n) is 20.3. The Kier molecular flexibility index (Phi) is 8.01. The van der Waals surface area contributed by atoms with Crippen LogP contribution >= 0.6 is 0 Å². The lowest BCUT2D eigenvalue weighted by atomic mass is 9.86. The summed E-state index contributed by atoms with van der Waals surface area (Å²) < 4.78 is 16.8. The van der Waals surface area contributed by atoms with Crippen LogP contribution < -0.4 is 9.47 Å². The van der Waals surface area contributed by atoms with E-state index < -0.39 is 0 Å². The Balaban J connectivity index is 1.72. The number of carbonyl (C=O) groups is 2. The summed E-state index contributed by atoms with van der Waals surface area (Å²) in [6, 6.07) is 13.5. The molecular formula is C27H35NO5. The highest BCUT2D eigenvalue weighted by atomic mass is 16.5. The number of methoxy groups -OCH3 is 1. The van der Waals surface area contributed by atoms with Crippen molar-refractivity contribution in [3.8, 4) is 11.5 Å². The van der Waals surface area contributed by atoms with Crippen LogP contribution in [-0.2, 0) is 21.6 Å². The highest BCUT2D eigenvalue weighted by molar-refractivity contribution is 5.94. The van der Waals surface area contributed by atoms with Crippen LogP contribution in [0.1, 0.15) is 62.0 Å². The second-order valence-corrected chi connectivity index (χ2v) is 9.38. The lowest BCUT2D eigenvalue weighted by Gasteiger charge is -2.31. The number of nitrogens with zero attached hydrogens (tertiary/aromatic N) is 1. The molecule has 0 unspecified atom stereocenters. The normalized spacial score (nSPS) is 14.6. The van der Waals surface area contributed by atoms with E-state index in [-0.39, 0.29) is 23.2 Å². The van der Waals surface area contributed by atoms with Crippen LogP contribution in [0.5, 0.6) is 11.5 Å². The average molecular weight is 454 g/mol. The molecule has 1 fully saturated rings. The summed E-state index contributed by atoms with van der Waals surface area (Å²) in [5, 5.41) is 0. The first-order chi connectivity index (χ1) is 15.7. The molecule has 0 aliphatic carbocycles. The van der Waals surface area contributed by atoms with E-state index in [0.717, 1.165) is 16.9 Å². The molecule has 1 heterocycles. The van der Waals surface area contributed by atoms with Gasteiger partial charge in [0.2, 0.25) is 0 Å². The van der Waals surface area contributed by atoms with Gasteiger partial charge in [0, 0.05) is 24.2 Å². The predicted molar refractivity (Wildman–Crippen MR) is 128 cm³/mol. The maximum absolute atomic E-state index is 13.1. The minimum atomic E-state index is -0.163. The largest absolute Gasteiger partial charge is 0.496 e. The standard InChI is InChI=1S/C27H35NO5/c1-6-32-26(30)19-13-15-28(16-14-19)25(29)20-11-12-23(31-5)21(17-20)18-33-24-10-8-7-9-22(24)27(2,3)4/h7-12,17,19H,6,13-16,18H2,1-5H3. The molecule has 0 bridgehead atoms. The summed E-state index contributed by atoms with van der Waals surface area (Å²) in [6.45, 7) is 10.0. The van der Waals surface area contributed by atoms with E-state index in [1.807, 2.05) is 37.3 Å². The highest BCUT2D eigenvalue weighted by Gasteiger charge is 2.29. The Labute approximate surface area is 196 Å². The van der Waals surface area contributed by atoms with Crippen molar-refractivity contribution in [2.45, 2.75) is 52.6 Å². The molecule has 1 amide bonds. The third-order valence-electron chi connectivity index (χ3n) is 6.01. The number of benzene rings is 2. The summed E-state index contributed by atoms with van der Waals surface area (Å²) in [5.41, 5.74) is 2.48. The van der Waals surface area contributed by atoms with Crippen LogP contribution in [0, 0.1) is 5.92 Å². The quantitative estimate of drug-likeness (QED) is 0.553. The summed E-state index contributed by atoms with van der Waals surface area (Å²) >= 11 is 0. The minimum Gasteiger partial charge on any atom is -0.496 e. The molecule has 6 heteroatoms. The van der Waals surface area contributed by atoms with Crippen molar-refractivity contribution in [2.24, 2.45) is 5.92 Å². The number of esters is 1. The molecule has 1 aliphatic rings. The van der Waals surface area contributed by atoms with Crippen LogP contribution in [0.15, 0.2) is 42.5 Å². The average Bonchev–Trinajstić information content (AvgIpc) is 2.82. The fourth-order valence-electron chi connectivity index (χ4n) is 4.15. The maximum Gasteiger partial charge on any atom is 0.309 e. The molecule has 0 aromatic heterocycles. The zero-order chi connectivity index (χ0) is 24.0. The molecule has 178 valence electrons. The van der Waals surface area contributed by atoms with Crippen LogP contribution in [0.4, 0.5) is 0 Å². The SMILES string of the molecule is CCOC(=O)C1CCN(C(=O)c2ccc(OC)c(COc3ccccc3C(C)(C)C)c2)CC1. The van der Waals surface area contributed by atoms with Gasteiger partial charge in [0.25, 0.3) is 5.91 Å². The number of piperidine rings is 1. The van der Waals surface area contributed by atoms with Gasteiger partial charge >= 0.3 is 5.97 Å². The summed E-state index contributed by atoms with van der Waals surface area (Å²) in [6.07, 6.45) is 1.25. The van der Waals surface area contributed by atoms with Crippen LogP contribution in [0.3, 0.4) is 0 Å². The lowest BCUT2D eigenvalue weighted by molar-refractivity contribution is -0.149. The van der Waals surface area contributed by atoms with Crippen molar-refractivity contribution in [2.75, 3.05) is 26.8 Å². The molecule has 0 atom stereocenters. The van der Waals surface area contributed by atoms with E-state index in [4.69, 9.17) is 14.2 Å². The van der Waals surface area contributed by atoms with Gasteiger partial charge in [-0.1, -0.05) is 39.0 Å². The molecule has 1 saturated heterocycles. The Morgan fingerprint density at radius 1 is 1.03 bits per heavy atom. The van der Waals surface area contributed by atoms with Crippen molar-refractivity contribution < 1.29 is 23.8 Å². The second kappa shape index (κ2) is 10.7. The number of rotatable bonds is 7. The Bertz CT molecular complexity index is 971. The molecule has 0 N–H and O–H groups in total. The van der Waals surface area contributed by atoms with Crippen molar-refractivity contribution >= 4 is 11.9 Å². The number of para-hydroxylation sites is 1. The Morgan fingerprint density at radius 3 is 2.36 bits per heavy atom. The molecule has 2 aromatic carbocycles. The van der Waals surface area contributed by atoms with E-state index in [9.17, 15) is 9.59 Å². The van der Waals surface area contributed by atoms with E-state index in [0.29, 0.717) is 50.5 Å². The monoisotopic (exact) mass is 453 g/mol. The first-order valence-electron chi connectivity index (χ1n) is 11.6. The van der Waals surface area contributed by atoms with Crippen LogP contribution in [0.2, 0.25) is 0 Å². The predicted octanol–water partition coefficient (Wildman–Crippen LogP) is 4.99. The summed E-state index contributed by atoms with van der Waals surface area (Å²) in [5.74, 6) is 1.17. The molecular weight excluding hydrogens is 418 g/mol. The molecule has 0 saturated carbocycles. The number of hydrogen-bond donors (Lipinski definition) is 0. The fourth-order valence-corrected chi connectivity index (χ4v) is 4.15. The molecule has 0 radical (unpaired) electrons. The fraction of sp³-hybridized carbons (Fsp3) is 0.481. The zero-order valence-corrected chi connectivity index (χ0v) is 20.3. The van der Waals surface area contributed by atoms with Crippen molar-refractivity contribution in [3.63, 3.8) is 0 Å². The van der Waals surface area contributed by atoms with Crippen molar-refractivity contribution in [1.82, 2.24) is 4.90 Å². The summed E-state index contributed by atoms with van der Waals surface area (Å²) in [7, 11) is 1.61. The van der Waals surface area contributed by atoms with Gasteiger partial charge in [-0.15, -0.1) is 0 Å². The van der Waals surface area contributed by atoms with Gasteiger partial charge in [0.05, 0.1) is 19.6 Å². The summed E-state index contributed by atoms with van der Waals surface area (Å²) in [4.78, 5) is 26.9. The highest BCUT2D eigenvalue weighted by Crippen LogP contribution is 2.32. The van der Waals surface area contributed by atoms with Crippen molar-refractivity contribution in [3.05, 3.63) is 59.2 Å². The van der Waals surface area contributed by atoms with Gasteiger partial charge < -0.3 is 19.1 Å². The van der Waals surface area contributed by atoms with Gasteiger partial charge in [-0.2, -0.15) is 0 Å². The van der Waals surface area contributed by atoms with E-state index >= 15 is 0 Å². The van der Waals surface area contributed by atoms with Gasteiger partial charge in [-0.25, -0.2) is 0 Å². The lowest BCUT2D eigenvalue weighted by Crippen LogP contribution is -2.40. The third-order valence-corrected chi connectivity index (χ3v) is 6.01. The number of carbonyl (C=O) groups excluding carboxylic acids is 2. The van der Waals surface area contributed by atoms with E-state index in [2.05, 4.69) is 26.8 Å². The Hall–Kier alpha value is -3.02. The number of amides is 1. The minimum absolute atomic E-state index is 0.0451. The topological polar surface area (TPSA) is 65.1 Å². The molecule has 0 spiro atoms. The van der Waals surface area contributed by atoms with Crippen molar-refractivity contribution in [1.29, 1.82) is 0 Å². The van der Waals surface area contributed by atoms with Crippen LogP contribution in [0.25, 0.3) is 0 Å². The second-order valence-electron chi connectivity index (χ2n) is 9.38. The van der Waals surface area contributed by atoms with Crippen LogP contribution in [-0.4, -0.2) is 43.6 Å². The van der Waals surface area contributed by atoms with Gasteiger partial charge in [0.15, 0.2) is 0 Å². The molecule has 3 rings (SSSR count). The molecule has 6 nitrogen and oxygen atoms in total.